The van der Waals surface area contributed by atoms with Crippen molar-refractivity contribution in [3.63, 3.8) is 0 Å². The second-order valence-corrected chi connectivity index (χ2v) is 8.87. The van der Waals surface area contributed by atoms with Gasteiger partial charge in [0.15, 0.2) is 5.52 Å². The molecule has 0 radical (unpaired) electrons. The predicted molar refractivity (Wildman–Crippen MR) is 137 cm³/mol. The first-order valence-corrected chi connectivity index (χ1v) is 11.4. The first-order valence-electron chi connectivity index (χ1n) is 11.1. The van der Waals surface area contributed by atoms with Crippen LogP contribution in [0.15, 0.2) is 83.7 Å². The monoisotopic (exact) mass is 484 g/mol. The number of halogens is 1. The van der Waals surface area contributed by atoms with Crippen LogP contribution in [0.3, 0.4) is 0 Å². The van der Waals surface area contributed by atoms with E-state index in [4.69, 9.17) is 16.6 Å². The van der Waals surface area contributed by atoms with Gasteiger partial charge >= 0.3 is 6.09 Å². The Labute approximate surface area is 205 Å². The van der Waals surface area contributed by atoms with Crippen molar-refractivity contribution in [3.8, 4) is 28.3 Å². The molecule has 7 nitrogen and oxygen atoms in total. The third-order valence-corrected chi connectivity index (χ3v) is 6.10. The second kappa shape index (κ2) is 8.85. The number of carboxylic acid groups (broad SMARTS) is 1. The van der Waals surface area contributed by atoms with Gasteiger partial charge in [-0.3, -0.25) is 9.36 Å². The fourth-order valence-corrected chi connectivity index (χ4v) is 4.16. The summed E-state index contributed by atoms with van der Waals surface area (Å²) in [6.45, 7) is 4.21. The summed E-state index contributed by atoms with van der Waals surface area (Å²) in [6, 6.07) is 23.7. The first-order chi connectivity index (χ1) is 16.8. The Morgan fingerprint density at radius 1 is 0.914 bits per heavy atom. The lowest BCUT2D eigenvalue weighted by molar-refractivity contribution is 0.194. The number of nitrogens with zero attached hydrogens (tertiary/aromatic N) is 4. The van der Waals surface area contributed by atoms with Gasteiger partial charge in [0.2, 0.25) is 0 Å². The number of carbonyl (C=O) groups is 1. The molecule has 0 aliphatic rings. The van der Waals surface area contributed by atoms with E-state index in [1.54, 1.807) is 36.4 Å². The zero-order chi connectivity index (χ0) is 24.7. The van der Waals surface area contributed by atoms with Gasteiger partial charge in [0, 0.05) is 16.1 Å². The molecule has 0 aliphatic heterocycles. The van der Waals surface area contributed by atoms with Crippen LogP contribution in [-0.4, -0.2) is 30.5 Å². The fourth-order valence-electron chi connectivity index (χ4n) is 4.03. The van der Waals surface area contributed by atoms with Gasteiger partial charge in [-0.2, -0.15) is 9.78 Å². The summed E-state index contributed by atoms with van der Waals surface area (Å²) in [7, 11) is 0. The van der Waals surface area contributed by atoms with Crippen LogP contribution in [0.4, 0.5) is 4.79 Å². The molecule has 0 atom stereocenters. The molecule has 2 heterocycles. The van der Waals surface area contributed by atoms with E-state index in [1.165, 1.54) is 4.57 Å². The highest BCUT2D eigenvalue weighted by molar-refractivity contribution is 6.30. The van der Waals surface area contributed by atoms with Gasteiger partial charge in [-0.15, -0.1) is 0 Å². The van der Waals surface area contributed by atoms with Crippen molar-refractivity contribution in [2.75, 3.05) is 0 Å². The lowest BCUT2D eigenvalue weighted by atomic mass is 10.0. The molecule has 5 rings (SSSR count). The molecule has 0 unspecified atom stereocenters. The average molecular weight is 485 g/mol. The van der Waals surface area contributed by atoms with E-state index in [2.05, 4.69) is 18.9 Å². The molecule has 0 spiro atoms. The van der Waals surface area contributed by atoms with Crippen molar-refractivity contribution < 1.29 is 9.90 Å². The first kappa shape index (κ1) is 22.6. The van der Waals surface area contributed by atoms with Crippen molar-refractivity contribution in [3.05, 3.63) is 99.8 Å². The molecular weight excluding hydrogens is 464 g/mol. The van der Waals surface area contributed by atoms with Crippen LogP contribution in [0.5, 0.6) is 0 Å². The molecule has 0 aliphatic carbocycles. The van der Waals surface area contributed by atoms with Gasteiger partial charge in [-0.1, -0.05) is 80.0 Å². The van der Waals surface area contributed by atoms with E-state index in [1.807, 2.05) is 42.5 Å². The number of fused-ring (bicyclic) bond motifs is 1. The number of hydrogen-bond acceptors (Lipinski definition) is 4. The fraction of sp³-hybridized carbons (Fsp3) is 0.111. The quantitative estimate of drug-likeness (QED) is 0.327. The molecule has 0 saturated heterocycles. The molecule has 1 N–H and O–H groups in total. The van der Waals surface area contributed by atoms with Gasteiger partial charge < -0.3 is 5.11 Å². The Morgan fingerprint density at radius 3 is 2.17 bits per heavy atom. The summed E-state index contributed by atoms with van der Waals surface area (Å²) in [5, 5.41) is 14.6. The normalized spacial score (nSPS) is 11.3. The smallest absolute Gasteiger partial charge is 0.433 e. The lowest BCUT2D eigenvalue weighted by Gasteiger charge is -2.14. The molecule has 8 heteroatoms. The van der Waals surface area contributed by atoms with Crippen LogP contribution in [0.2, 0.25) is 5.02 Å². The number of rotatable bonds is 4. The highest BCUT2D eigenvalue weighted by Gasteiger charge is 2.25. The molecule has 0 saturated carbocycles. The van der Waals surface area contributed by atoms with Gasteiger partial charge in [-0.25, -0.2) is 9.78 Å². The Bertz CT molecular complexity index is 1600. The molecule has 0 amide bonds. The van der Waals surface area contributed by atoms with Crippen molar-refractivity contribution >= 4 is 28.7 Å². The predicted octanol–water partition coefficient (Wildman–Crippen LogP) is 6.22. The van der Waals surface area contributed by atoms with Crippen LogP contribution in [-0.2, 0) is 0 Å². The maximum Gasteiger partial charge on any atom is 0.433 e. The van der Waals surface area contributed by atoms with Gasteiger partial charge in [0.25, 0.3) is 5.56 Å². The van der Waals surface area contributed by atoms with Crippen molar-refractivity contribution in [2.45, 2.75) is 19.8 Å². The Hall–Kier alpha value is -4.23. The van der Waals surface area contributed by atoms with Crippen LogP contribution < -0.4 is 5.56 Å². The summed E-state index contributed by atoms with van der Waals surface area (Å²) >= 11 is 6.08. The molecule has 2 aromatic heterocycles. The third kappa shape index (κ3) is 4.00. The Balaban J connectivity index is 1.89. The van der Waals surface area contributed by atoms with E-state index in [-0.39, 0.29) is 11.0 Å². The maximum absolute atomic E-state index is 13.9. The summed E-state index contributed by atoms with van der Waals surface area (Å²) in [5.74, 6) is 0.721. The zero-order valence-electron chi connectivity index (χ0n) is 19.0. The molecule has 5 aromatic rings. The molecule has 174 valence electrons. The topological polar surface area (TPSA) is 90.0 Å². The molecule has 35 heavy (non-hydrogen) atoms. The largest absolute Gasteiger partial charge is 0.463 e. The summed E-state index contributed by atoms with van der Waals surface area (Å²) in [4.78, 5) is 30.8. The number of aromatic nitrogens is 4. The summed E-state index contributed by atoms with van der Waals surface area (Å²) < 4.78 is 2.10. The molecule has 0 bridgehead atoms. The van der Waals surface area contributed by atoms with Crippen LogP contribution in [0, 0.1) is 0 Å². The van der Waals surface area contributed by atoms with Gasteiger partial charge in [0.05, 0.1) is 5.69 Å². The van der Waals surface area contributed by atoms with E-state index in [0.29, 0.717) is 44.0 Å². The minimum absolute atomic E-state index is 0.117. The molecular formula is C27H21ClN4O3. The minimum atomic E-state index is -1.37. The Kier molecular flexibility index (Phi) is 5.70. The van der Waals surface area contributed by atoms with E-state index in [9.17, 15) is 14.7 Å². The Morgan fingerprint density at radius 2 is 1.57 bits per heavy atom. The number of benzene rings is 3. The lowest BCUT2D eigenvalue weighted by Crippen LogP contribution is -2.25. The summed E-state index contributed by atoms with van der Waals surface area (Å²) in [5.41, 5.74) is 2.92. The standard InChI is InChI=1S/C27H21ClN4O3/c1-16(2)17-8-10-19(11-9-17)25-29-23-22(18-6-4-3-5-7-18)30-32(27(34)35)24(23)26(33)31(25)21-14-12-20(28)13-15-21/h3-16H,1-2H3,(H,34,35). The van der Waals surface area contributed by atoms with Crippen LogP contribution >= 0.6 is 11.6 Å². The van der Waals surface area contributed by atoms with E-state index >= 15 is 0 Å². The van der Waals surface area contributed by atoms with Gasteiger partial charge in [0.1, 0.15) is 17.0 Å². The van der Waals surface area contributed by atoms with Gasteiger partial charge in [-0.05, 0) is 35.7 Å². The van der Waals surface area contributed by atoms with Crippen LogP contribution in [0.25, 0.3) is 39.4 Å². The average Bonchev–Trinajstić information content (AvgIpc) is 3.26. The number of hydrogen-bond donors (Lipinski definition) is 1. The van der Waals surface area contributed by atoms with E-state index < -0.39 is 11.7 Å². The maximum atomic E-state index is 13.9. The minimum Gasteiger partial charge on any atom is -0.463 e. The zero-order valence-corrected chi connectivity index (χ0v) is 19.8. The van der Waals surface area contributed by atoms with E-state index in [0.717, 1.165) is 5.56 Å². The molecule has 0 fully saturated rings. The second-order valence-electron chi connectivity index (χ2n) is 8.44. The van der Waals surface area contributed by atoms with Crippen molar-refractivity contribution in [1.29, 1.82) is 0 Å². The molecule has 3 aromatic carbocycles. The van der Waals surface area contributed by atoms with Crippen molar-refractivity contribution in [2.24, 2.45) is 0 Å². The SMILES string of the molecule is CC(C)c1ccc(-c2nc3c(-c4ccccc4)nn(C(=O)O)c3c(=O)n2-c2ccc(Cl)cc2)cc1. The third-order valence-electron chi connectivity index (χ3n) is 5.84. The van der Waals surface area contributed by atoms with Crippen LogP contribution in [0.1, 0.15) is 25.3 Å². The summed E-state index contributed by atoms with van der Waals surface area (Å²) in [6.07, 6.45) is -1.37. The highest BCUT2D eigenvalue weighted by Crippen LogP contribution is 2.29. The van der Waals surface area contributed by atoms with Crippen molar-refractivity contribution in [1.82, 2.24) is 19.3 Å². The highest BCUT2D eigenvalue weighted by atomic mass is 35.5.